The second-order valence-corrected chi connectivity index (χ2v) is 5.08. The van der Waals surface area contributed by atoms with Crippen molar-refractivity contribution in [3.63, 3.8) is 0 Å². The van der Waals surface area contributed by atoms with Crippen LogP contribution in [0.5, 0.6) is 0 Å². The van der Waals surface area contributed by atoms with E-state index in [4.69, 9.17) is 0 Å². The van der Waals surface area contributed by atoms with Gasteiger partial charge in [-0.15, -0.1) is 5.10 Å². The van der Waals surface area contributed by atoms with Gasteiger partial charge >= 0.3 is 0 Å². The Hall–Kier alpha value is -3.03. The van der Waals surface area contributed by atoms with E-state index in [1.807, 2.05) is 26.0 Å². The van der Waals surface area contributed by atoms with Crippen molar-refractivity contribution >= 4 is 28.2 Å². The molecule has 2 aromatic heterocycles. The van der Waals surface area contributed by atoms with Crippen LogP contribution in [0, 0.1) is 0 Å². The smallest absolute Gasteiger partial charge is 0.256 e. The number of carbonyl (C=O) groups is 1. The summed E-state index contributed by atoms with van der Waals surface area (Å²) in [5.41, 5.74) is 4.92. The van der Waals surface area contributed by atoms with Gasteiger partial charge in [-0.05, 0) is 36.4 Å². The van der Waals surface area contributed by atoms with Crippen LogP contribution in [0.1, 0.15) is 19.4 Å². The fraction of sp³-hybridized carbons (Fsp3) is 0.154. The zero-order valence-corrected chi connectivity index (χ0v) is 11.4. The van der Waals surface area contributed by atoms with Gasteiger partial charge in [-0.1, -0.05) is 5.57 Å². The van der Waals surface area contributed by atoms with Crippen molar-refractivity contribution in [3.05, 3.63) is 23.3 Å². The average Bonchev–Trinajstić information content (AvgIpc) is 3.11. The van der Waals surface area contributed by atoms with Gasteiger partial charge in [-0.25, -0.2) is 10.1 Å². The van der Waals surface area contributed by atoms with E-state index < -0.39 is 0 Å². The first-order chi connectivity index (χ1) is 10.1. The summed E-state index contributed by atoms with van der Waals surface area (Å²) in [6, 6.07) is 3.77. The normalized spacial score (nSPS) is 13.6. The first-order valence-corrected chi connectivity index (χ1v) is 6.40. The number of tetrazole rings is 1. The highest BCUT2D eigenvalue weighted by Gasteiger charge is 2.26. The van der Waals surface area contributed by atoms with Crippen molar-refractivity contribution in [2.75, 3.05) is 5.32 Å². The van der Waals surface area contributed by atoms with Gasteiger partial charge in [0.2, 0.25) is 5.82 Å². The van der Waals surface area contributed by atoms with Crippen LogP contribution >= 0.6 is 0 Å². The standard InChI is InChI=1S/C13H11N7O/c1-5(2)10-6-3-8-9(4-7(6)16-13(10)21)15-11(14-8)12-17-19-20-18-12/h3-4H,1-2H3,(H,14,15)(H,16,21)(H,17,18,19,20). The number of anilines is 1. The minimum Gasteiger partial charge on any atom is -0.335 e. The first-order valence-electron chi connectivity index (χ1n) is 6.40. The molecule has 0 unspecified atom stereocenters. The van der Waals surface area contributed by atoms with Crippen molar-refractivity contribution in [3.8, 4) is 11.6 Å². The summed E-state index contributed by atoms with van der Waals surface area (Å²) in [6.45, 7) is 3.84. The van der Waals surface area contributed by atoms with Crippen LogP contribution in [0.15, 0.2) is 17.7 Å². The summed E-state index contributed by atoms with van der Waals surface area (Å²) in [5, 5.41) is 16.4. The molecule has 0 saturated heterocycles. The fourth-order valence-electron chi connectivity index (χ4n) is 2.54. The Labute approximate surface area is 118 Å². The lowest BCUT2D eigenvalue weighted by Gasteiger charge is -1.99. The molecule has 8 nitrogen and oxygen atoms in total. The van der Waals surface area contributed by atoms with Crippen LogP contribution in [0.4, 0.5) is 5.69 Å². The molecular weight excluding hydrogens is 270 g/mol. The van der Waals surface area contributed by atoms with Gasteiger partial charge in [0.25, 0.3) is 5.91 Å². The van der Waals surface area contributed by atoms with E-state index in [9.17, 15) is 4.79 Å². The Bertz CT molecular complexity index is 900. The van der Waals surface area contributed by atoms with E-state index in [0.717, 1.165) is 27.9 Å². The molecule has 4 rings (SSSR count). The number of hydrogen-bond donors (Lipinski definition) is 3. The highest BCUT2D eigenvalue weighted by molar-refractivity contribution is 6.32. The lowest BCUT2D eigenvalue weighted by Crippen LogP contribution is -2.04. The number of fused-ring (bicyclic) bond motifs is 2. The number of nitrogens with one attached hydrogen (secondary N) is 3. The lowest BCUT2D eigenvalue weighted by molar-refractivity contribution is -0.110. The Morgan fingerprint density at radius 2 is 2.05 bits per heavy atom. The largest absolute Gasteiger partial charge is 0.335 e. The zero-order chi connectivity index (χ0) is 14.6. The van der Waals surface area contributed by atoms with Crippen LogP contribution in [0.25, 0.3) is 28.3 Å². The third-order valence-electron chi connectivity index (χ3n) is 3.44. The Morgan fingerprint density at radius 3 is 2.76 bits per heavy atom. The molecule has 1 amide bonds. The number of aromatic nitrogens is 6. The maximum absolute atomic E-state index is 12.0. The third kappa shape index (κ3) is 1.65. The quantitative estimate of drug-likeness (QED) is 0.585. The second kappa shape index (κ2) is 3.98. The Balaban J connectivity index is 1.93. The molecule has 0 radical (unpaired) electrons. The Kier molecular flexibility index (Phi) is 2.23. The number of benzene rings is 1. The van der Waals surface area contributed by atoms with Gasteiger partial charge in [0.05, 0.1) is 16.7 Å². The summed E-state index contributed by atoms with van der Waals surface area (Å²) >= 11 is 0. The summed E-state index contributed by atoms with van der Waals surface area (Å²) < 4.78 is 0. The number of amides is 1. The molecule has 0 spiro atoms. The molecule has 0 atom stereocenters. The molecule has 0 aliphatic carbocycles. The van der Waals surface area contributed by atoms with Crippen LogP contribution in [-0.4, -0.2) is 36.5 Å². The van der Waals surface area contributed by atoms with E-state index in [-0.39, 0.29) is 5.91 Å². The van der Waals surface area contributed by atoms with E-state index in [1.54, 1.807) is 0 Å². The molecule has 0 fully saturated rings. The maximum atomic E-state index is 12.0. The minimum absolute atomic E-state index is 0.0719. The van der Waals surface area contributed by atoms with Gasteiger partial charge in [-0.2, -0.15) is 0 Å². The van der Waals surface area contributed by atoms with Crippen molar-refractivity contribution in [1.29, 1.82) is 0 Å². The molecule has 0 saturated carbocycles. The number of rotatable bonds is 1. The predicted molar refractivity (Wildman–Crippen MR) is 76.2 cm³/mol. The monoisotopic (exact) mass is 281 g/mol. The molecular formula is C13H11N7O. The Morgan fingerprint density at radius 1 is 1.19 bits per heavy atom. The van der Waals surface area contributed by atoms with Crippen LogP contribution in [-0.2, 0) is 4.79 Å². The maximum Gasteiger partial charge on any atom is 0.256 e. The summed E-state index contributed by atoms with van der Waals surface area (Å²) in [5.74, 6) is 0.957. The molecule has 0 bridgehead atoms. The van der Waals surface area contributed by atoms with Gasteiger partial charge in [0.15, 0.2) is 5.82 Å². The number of carbonyl (C=O) groups excluding carboxylic acids is 1. The van der Waals surface area contributed by atoms with Gasteiger partial charge in [0.1, 0.15) is 0 Å². The highest BCUT2D eigenvalue weighted by Crippen LogP contribution is 2.36. The van der Waals surface area contributed by atoms with Crippen molar-refractivity contribution in [2.45, 2.75) is 13.8 Å². The number of aromatic amines is 2. The summed E-state index contributed by atoms with van der Waals surface area (Å²) in [6.07, 6.45) is 0. The average molecular weight is 281 g/mol. The molecule has 3 aromatic rings. The number of imidazole rings is 1. The first kappa shape index (κ1) is 11.8. The number of hydrogen-bond acceptors (Lipinski definition) is 5. The predicted octanol–water partition coefficient (Wildman–Crippen LogP) is 1.49. The van der Waals surface area contributed by atoms with Crippen molar-refractivity contribution < 1.29 is 4.79 Å². The number of nitrogens with zero attached hydrogens (tertiary/aromatic N) is 4. The molecule has 104 valence electrons. The number of allylic oxidation sites excluding steroid dienone is 1. The van der Waals surface area contributed by atoms with E-state index in [1.165, 1.54) is 0 Å². The highest BCUT2D eigenvalue weighted by atomic mass is 16.2. The van der Waals surface area contributed by atoms with E-state index >= 15 is 0 Å². The minimum atomic E-state index is -0.0719. The SMILES string of the molecule is CC(C)=C1C(=O)Nc2cc3[nH]c(-c4nnn[nH]4)nc3cc21. The van der Waals surface area contributed by atoms with Gasteiger partial charge < -0.3 is 10.3 Å². The lowest BCUT2D eigenvalue weighted by atomic mass is 10.0. The topological polar surface area (TPSA) is 112 Å². The van der Waals surface area contributed by atoms with E-state index in [2.05, 4.69) is 35.9 Å². The second-order valence-electron chi connectivity index (χ2n) is 5.08. The van der Waals surface area contributed by atoms with Gasteiger partial charge in [-0.3, -0.25) is 4.79 Å². The zero-order valence-electron chi connectivity index (χ0n) is 11.4. The molecule has 8 heteroatoms. The van der Waals surface area contributed by atoms with Gasteiger partial charge in [0, 0.05) is 11.1 Å². The summed E-state index contributed by atoms with van der Waals surface area (Å²) in [7, 11) is 0. The number of H-pyrrole nitrogens is 2. The third-order valence-corrected chi connectivity index (χ3v) is 3.44. The molecule has 1 aromatic carbocycles. The van der Waals surface area contributed by atoms with Crippen LogP contribution in [0.3, 0.4) is 0 Å². The van der Waals surface area contributed by atoms with Crippen LogP contribution in [0.2, 0.25) is 0 Å². The summed E-state index contributed by atoms with van der Waals surface area (Å²) in [4.78, 5) is 19.6. The van der Waals surface area contributed by atoms with E-state index in [0.29, 0.717) is 17.2 Å². The van der Waals surface area contributed by atoms with Crippen molar-refractivity contribution in [2.24, 2.45) is 0 Å². The molecule has 21 heavy (non-hydrogen) atoms. The van der Waals surface area contributed by atoms with Crippen LogP contribution < -0.4 is 5.32 Å². The molecule has 1 aliphatic heterocycles. The molecule has 3 N–H and O–H groups in total. The molecule has 1 aliphatic rings. The van der Waals surface area contributed by atoms with Crippen molar-refractivity contribution in [1.82, 2.24) is 30.6 Å². The molecule has 3 heterocycles. The fourth-order valence-corrected chi connectivity index (χ4v) is 2.54.